The van der Waals surface area contributed by atoms with Crippen molar-refractivity contribution in [3.05, 3.63) is 70.3 Å². The number of aromatic nitrogens is 4. The molecule has 3 aromatic rings. The molecule has 0 radical (unpaired) electrons. The molecule has 0 fully saturated rings. The Morgan fingerprint density at radius 1 is 1.31 bits per heavy atom. The molecule has 0 aliphatic carbocycles. The monoisotopic (exact) mass is 374 g/mol. The fraction of sp³-hybridized carbons (Fsp3) is 0.278. The summed E-state index contributed by atoms with van der Waals surface area (Å²) in [6.07, 6.45) is 5.38. The minimum absolute atomic E-state index is 0.0693. The third kappa shape index (κ3) is 2.80. The van der Waals surface area contributed by atoms with Crippen LogP contribution in [0.15, 0.2) is 36.9 Å². The van der Waals surface area contributed by atoms with E-state index in [0.717, 1.165) is 17.5 Å². The van der Waals surface area contributed by atoms with Crippen LogP contribution in [0.4, 0.5) is 8.78 Å². The molecule has 0 N–H and O–H groups in total. The van der Waals surface area contributed by atoms with E-state index in [4.69, 9.17) is 12.2 Å². The maximum absolute atomic E-state index is 13.6. The zero-order valence-corrected chi connectivity index (χ0v) is 14.8. The van der Waals surface area contributed by atoms with Crippen LogP contribution in [-0.4, -0.2) is 24.6 Å². The quantitative estimate of drug-likeness (QED) is 0.661. The van der Waals surface area contributed by atoms with Crippen molar-refractivity contribution in [2.45, 2.75) is 25.3 Å². The molecule has 8 heteroatoms. The molecule has 0 unspecified atom stereocenters. The molecular formula is C18H16F2N4OS. The first-order valence-corrected chi connectivity index (χ1v) is 8.59. The summed E-state index contributed by atoms with van der Waals surface area (Å²) in [6.45, 7) is 0.546. The van der Waals surface area contributed by atoms with Gasteiger partial charge in [0.1, 0.15) is 18.0 Å². The predicted molar refractivity (Wildman–Crippen MR) is 93.6 cm³/mol. The van der Waals surface area contributed by atoms with Crippen molar-refractivity contribution in [1.29, 1.82) is 0 Å². The van der Waals surface area contributed by atoms with Gasteiger partial charge < -0.3 is 9.13 Å². The molecule has 134 valence electrons. The lowest BCUT2D eigenvalue weighted by molar-refractivity contribution is 0.0911. The Labute approximate surface area is 153 Å². The van der Waals surface area contributed by atoms with E-state index in [1.165, 1.54) is 23.0 Å². The van der Waals surface area contributed by atoms with Crippen molar-refractivity contribution in [2.75, 3.05) is 0 Å². The van der Waals surface area contributed by atoms with Crippen molar-refractivity contribution in [3.8, 4) is 0 Å². The van der Waals surface area contributed by atoms with Crippen LogP contribution in [0.1, 0.15) is 27.7 Å². The Bertz CT molecular complexity index is 1030. The molecule has 1 aliphatic heterocycles. The molecule has 2 aromatic heterocycles. The number of benzene rings is 1. The van der Waals surface area contributed by atoms with Gasteiger partial charge in [-0.05, 0) is 36.3 Å². The molecule has 1 aromatic carbocycles. The Hall–Kier alpha value is -2.61. The van der Waals surface area contributed by atoms with Crippen molar-refractivity contribution in [1.82, 2.24) is 18.7 Å². The predicted octanol–water partition coefficient (Wildman–Crippen LogP) is 3.25. The van der Waals surface area contributed by atoms with Gasteiger partial charge in [-0.2, -0.15) is 0 Å². The molecule has 3 heterocycles. The summed E-state index contributed by atoms with van der Waals surface area (Å²) in [4.78, 5) is 16.3. The van der Waals surface area contributed by atoms with Crippen molar-refractivity contribution < 1.29 is 13.6 Å². The SMILES string of the molecule is Cn1c(CC(=O)n2ccnc2)c2n(c1=S)C[C@H](c1cc(F)cc(F)c1)C2. The molecule has 1 atom stereocenters. The highest BCUT2D eigenvalue weighted by atomic mass is 32.1. The van der Waals surface area contributed by atoms with Crippen molar-refractivity contribution in [3.63, 3.8) is 0 Å². The van der Waals surface area contributed by atoms with E-state index in [1.54, 1.807) is 12.4 Å². The normalized spacial score (nSPS) is 16.0. The highest BCUT2D eigenvalue weighted by Gasteiger charge is 2.29. The second-order valence-electron chi connectivity index (χ2n) is 6.49. The van der Waals surface area contributed by atoms with E-state index < -0.39 is 11.6 Å². The first-order chi connectivity index (χ1) is 12.4. The Morgan fingerprint density at radius 2 is 2.04 bits per heavy atom. The second-order valence-corrected chi connectivity index (χ2v) is 6.86. The van der Waals surface area contributed by atoms with Gasteiger partial charge in [0, 0.05) is 49.4 Å². The summed E-state index contributed by atoms with van der Waals surface area (Å²) >= 11 is 5.50. The first kappa shape index (κ1) is 16.8. The average molecular weight is 374 g/mol. The van der Waals surface area contributed by atoms with Gasteiger partial charge in [0.15, 0.2) is 4.77 Å². The maximum Gasteiger partial charge on any atom is 0.237 e. The lowest BCUT2D eigenvalue weighted by atomic mass is 9.96. The van der Waals surface area contributed by atoms with Gasteiger partial charge in [0.05, 0.1) is 6.42 Å². The summed E-state index contributed by atoms with van der Waals surface area (Å²) in [5.41, 5.74) is 2.38. The molecule has 26 heavy (non-hydrogen) atoms. The summed E-state index contributed by atoms with van der Waals surface area (Å²) in [6, 6.07) is 3.59. The van der Waals surface area contributed by atoms with Crippen molar-refractivity contribution in [2.24, 2.45) is 7.05 Å². The van der Waals surface area contributed by atoms with Crippen molar-refractivity contribution >= 4 is 18.1 Å². The number of carbonyl (C=O) groups is 1. The van der Waals surface area contributed by atoms with Gasteiger partial charge in [-0.15, -0.1) is 0 Å². The number of carbonyl (C=O) groups excluding carboxylic acids is 1. The molecule has 1 aliphatic rings. The van der Waals surface area contributed by atoms with Crippen LogP contribution in [-0.2, 0) is 26.4 Å². The zero-order chi connectivity index (χ0) is 18.4. The minimum Gasteiger partial charge on any atom is -0.323 e. The van der Waals surface area contributed by atoms with Gasteiger partial charge in [-0.25, -0.2) is 13.8 Å². The van der Waals surface area contributed by atoms with E-state index in [9.17, 15) is 13.6 Å². The number of hydrogen-bond acceptors (Lipinski definition) is 3. The maximum atomic E-state index is 13.6. The molecule has 4 rings (SSSR count). The van der Waals surface area contributed by atoms with E-state index in [-0.39, 0.29) is 18.2 Å². The molecule has 0 saturated carbocycles. The van der Waals surface area contributed by atoms with Crippen LogP contribution in [0, 0.1) is 16.4 Å². The molecule has 5 nitrogen and oxygen atoms in total. The summed E-state index contributed by atoms with van der Waals surface area (Å²) in [7, 11) is 1.83. The Balaban J connectivity index is 1.66. The van der Waals surface area contributed by atoms with Crippen LogP contribution in [0.3, 0.4) is 0 Å². The molecule has 0 spiro atoms. The second kappa shape index (κ2) is 6.28. The lowest BCUT2D eigenvalue weighted by Gasteiger charge is -2.11. The van der Waals surface area contributed by atoms with Crippen LogP contribution in [0.5, 0.6) is 0 Å². The number of nitrogens with zero attached hydrogens (tertiary/aromatic N) is 4. The summed E-state index contributed by atoms with van der Waals surface area (Å²) in [5, 5.41) is 0. The number of fused-ring (bicyclic) bond motifs is 1. The van der Waals surface area contributed by atoms with Crippen LogP contribution in [0.2, 0.25) is 0 Å². The van der Waals surface area contributed by atoms with Gasteiger partial charge in [0.2, 0.25) is 5.91 Å². The van der Waals surface area contributed by atoms with E-state index in [2.05, 4.69) is 4.98 Å². The topological polar surface area (TPSA) is 44.8 Å². The fourth-order valence-electron chi connectivity index (χ4n) is 3.59. The number of hydrogen-bond donors (Lipinski definition) is 0. The van der Waals surface area contributed by atoms with Gasteiger partial charge >= 0.3 is 0 Å². The van der Waals surface area contributed by atoms with E-state index in [0.29, 0.717) is 23.3 Å². The summed E-state index contributed by atoms with van der Waals surface area (Å²) in [5.74, 6) is -1.35. The molecular weight excluding hydrogens is 358 g/mol. The Kier molecular flexibility index (Phi) is 4.07. The van der Waals surface area contributed by atoms with Crippen LogP contribution < -0.4 is 0 Å². The van der Waals surface area contributed by atoms with Crippen LogP contribution >= 0.6 is 12.2 Å². The minimum atomic E-state index is -0.587. The highest BCUT2D eigenvalue weighted by Crippen LogP contribution is 2.33. The number of imidazole rings is 2. The standard InChI is InChI=1S/C18H16F2N4OS/c1-22-15(8-17(25)23-3-2-21-10-23)16-6-12(9-24(16)18(22)26)11-4-13(19)7-14(20)5-11/h2-5,7,10,12H,6,8-9H2,1H3/t12-/m1/s1. The van der Waals surface area contributed by atoms with Gasteiger partial charge in [-0.1, -0.05) is 0 Å². The number of rotatable bonds is 3. The lowest BCUT2D eigenvalue weighted by Crippen LogP contribution is -2.15. The zero-order valence-electron chi connectivity index (χ0n) is 14.0. The smallest absolute Gasteiger partial charge is 0.237 e. The van der Waals surface area contributed by atoms with Crippen LogP contribution in [0.25, 0.3) is 0 Å². The van der Waals surface area contributed by atoms with E-state index in [1.807, 2.05) is 16.2 Å². The third-order valence-electron chi connectivity index (χ3n) is 4.89. The molecule has 0 amide bonds. The largest absolute Gasteiger partial charge is 0.323 e. The van der Waals surface area contributed by atoms with Gasteiger partial charge in [-0.3, -0.25) is 9.36 Å². The Morgan fingerprint density at radius 3 is 2.69 bits per heavy atom. The highest BCUT2D eigenvalue weighted by molar-refractivity contribution is 7.71. The third-order valence-corrected chi connectivity index (χ3v) is 5.39. The molecule has 0 saturated heterocycles. The fourth-order valence-corrected chi connectivity index (χ4v) is 3.89. The molecule has 0 bridgehead atoms. The summed E-state index contributed by atoms with van der Waals surface area (Å²) < 4.78 is 33.0. The van der Waals surface area contributed by atoms with E-state index >= 15 is 0 Å². The number of halogens is 2. The average Bonchev–Trinajstić information content (AvgIpc) is 3.30. The first-order valence-electron chi connectivity index (χ1n) is 8.18. The van der Waals surface area contributed by atoms with Gasteiger partial charge in [0.25, 0.3) is 0 Å².